The highest BCUT2D eigenvalue weighted by Gasteiger charge is 2.16. The van der Waals surface area contributed by atoms with Crippen molar-refractivity contribution < 1.29 is 0 Å². The molecule has 0 aliphatic rings. The normalized spacial score (nSPS) is 11.2. The van der Waals surface area contributed by atoms with Crippen molar-refractivity contribution in [2.24, 2.45) is 0 Å². The van der Waals surface area contributed by atoms with Crippen LogP contribution in [0, 0.1) is 13.8 Å². The van der Waals surface area contributed by atoms with Crippen molar-refractivity contribution in [1.82, 2.24) is 14.5 Å². The maximum Gasteiger partial charge on any atom is 0.164 e. The van der Waals surface area contributed by atoms with Gasteiger partial charge in [-0.1, -0.05) is 6.07 Å². The Morgan fingerprint density at radius 3 is 2.76 bits per heavy atom. The summed E-state index contributed by atoms with van der Waals surface area (Å²) in [6.45, 7) is 4.12. The Morgan fingerprint density at radius 2 is 2.05 bits per heavy atom. The molecular weight excluding hydrogens is 350 g/mol. The van der Waals surface area contributed by atoms with E-state index in [1.165, 1.54) is 5.56 Å². The van der Waals surface area contributed by atoms with Crippen molar-refractivity contribution in [2.45, 2.75) is 20.3 Å². The number of nitrogens with zero attached hydrogens (tertiary/aromatic N) is 3. The summed E-state index contributed by atoms with van der Waals surface area (Å²) < 4.78 is 3.12. The fraction of sp³-hybridized carbons (Fsp3) is 0.250. The molecule has 0 radical (unpaired) electrons. The van der Waals surface area contributed by atoms with E-state index < -0.39 is 0 Å². The Labute approximate surface area is 137 Å². The molecule has 0 N–H and O–H groups in total. The first-order valence-electron chi connectivity index (χ1n) is 6.77. The van der Waals surface area contributed by atoms with Crippen LogP contribution in [0.4, 0.5) is 0 Å². The first-order valence-corrected chi connectivity index (χ1v) is 8.10. The lowest BCUT2D eigenvalue weighted by Gasteiger charge is -2.11. The van der Waals surface area contributed by atoms with E-state index in [0.717, 1.165) is 32.7 Å². The molecule has 0 unspecified atom stereocenters. The summed E-state index contributed by atoms with van der Waals surface area (Å²) in [6, 6.07) is 8.25. The Kier molecular flexibility index (Phi) is 4.00. The average molecular weight is 365 g/mol. The van der Waals surface area contributed by atoms with Crippen LogP contribution in [0.5, 0.6) is 0 Å². The van der Waals surface area contributed by atoms with Gasteiger partial charge in [0.2, 0.25) is 0 Å². The van der Waals surface area contributed by atoms with E-state index in [9.17, 15) is 0 Å². The molecule has 3 aromatic rings. The van der Waals surface area contributed by atoms with Crippen LogP contribution in [0.15, 0.2) is 34.9 Å². The number of fused-ring (bicyclic) bond motifs is 1. The van der Waals surface area contributed by atoms with E-state index in [1.807, 2.05) is 12.3 Å². The summed E-state index contributed by atoms with van der Waals surface area (Å²) in [5.41, 5.74) is 5.18. The van der Waals surface area contributed by atoms with Crippen molar-refractivity contribution in [3.8, 4) is 5.69 Å². The quantitative estimate of drug-likeness (QED) is 0.637. The zero-order valence-electron chi connectivity index (χ0n) is 11.9. The average Bonchev–Trinajstić information content (AvgIpc) is 2.79. The first-order chi connectivity index (χ1) is 10.1. The largest absolute Gasteiger partial charge is 0.280 e. The molecule has 0 atom stereocenters. The van der Waals surface area contributed by atoms with Crippen molar-refractivity contribution in [3.63, 3.8) is 0 Å². The van der Waals surface area contributed by atoms with Crippen LogP contribution < -0.4 is 0 Å². The predicted octanol–water partition coefficient (Wildman–Crippen LogP) is 4.58. The zero-order valence-corrected chi connectivity index (χ0v) is 14.2. The van der Waals surface area contributed by atoms with Crippen molar-refractivity contribution in [1.29, 1.82) is 0 Å². The van der Waals surface area contributed by atoms with Gasteiger partial charge in [-0.15, -0.1) is 11.6 Å². The Bertz CT molecular complexity index is 811. The van der Waals surface area contributed by atoms with E-state index in [4.69, 9.17) is 16.6 Å². The highest BCUT2D eigenvalue weighted by molar-refractivity contribution is 9.10. The number of halogens is 2. The Morgan fingerprint density at radius 1 is 1.24 bits per heavy atom. The van der Waals surface area contributed by atoms with Gasteiger partial charge < -0.3 is 0 Å². The Balaban J connectivity index is 2.33. The standard InChI is InChI=1S/C16H15BrClN3/c1-10-3-4-13(12(17)9-10)21-14(5-7-18)20-15-11(2)6-8-19-16(15)21/h3-4,6,8-9H,5,7H2,1-2H3. The number of hydrogen-bond donors (Lipinski definition) is 0. The van der Waals surface area contributed by atoms with Crippen LogP contribution in [0.25, 0.3) is 16.9 Å². The third-order valence-corrected chi connectivity index (χ3v) is 4.30. The van der Waals surface area contributed by atoms with Crippen molar-refractivity contribution in [2.75, 3.05) is 5.88 Å². The van der Waals surface area contributed by atoms with Gasteiger partial charge in [0.25, 0.3) is 0 Å². The van der Waals surface area contributed by atoms with Crippen LogP contribution >= 0.6 is 27.5 Å². The maximum atomic E-state index is 5.94. The van der Waals surface area contributed by atoms with E-state index >= 15 is 0 Å². The minimum absolute atomic E-state index is 0.534. The molecule has 0 saturated carbocycles. The van der Waals surface area contributed by atoms with E-state index in [1.54, 1.807) is 0 Å². The highest BCUT2D eigenvalue weighted by atomic mass is 79.9. The van der Waals surface area contributed by atoms with Crippen LogP contribution in [0.1, 0.15) is 17.0 Å². The molecule has 0 amide bonds. The number of aryl methyl sites for hydroxylation is 3. The van der Waals surface area contributed by atoms with Crippen molar-refractivity contribution >= 4 is 38.7 Å². The second-order valence-electron chi connectivity index (χ2n) is 5.06. The van der Waals surface area contributed by atoms with Gasteiger partial charge in [-0.2, -0.15) is 0 Å². The zero-order chi connectivity index (χ0) is 15.0. The Hall–Kier alpha value is -1.39. The maximum absolute atomic E-state index is 5.94. The fourth-order valence-electron chi connectivity index (χ4n) is 2.44. The van der Waals surface area contributed by atoms with Crippen LogP contribution in [0.3, 0.4) is 0 Å². The lowest BCUT2D eigenvalue weighted by atomic mass is 10.2. The van der Waals surface area contributed by atoms with Gasteiger partial charge in [0, 0.05) is 23.0 Å². The van der Waals surface area contributed by atoms with Gasteiger partial charge >= 0.3 is 0 Å². The van der Waals surface area contributed by atoms with Crippen LogP contribution in [0.2, 0.25) is 0 Å². The molecule has 108 valence electrons. The number of rotatable bonds is 3. The van der Waals surface area contributed by atoms with E-state index in [0.29, 0.717) is 12.3 Å². The van der Waals surface area contributed by atoms with Gasteiger partial charge in [0.15, 0.2) is 5.65 Å². The predicted molar refractivity (Wildman–Crippen MR) is 90.5 cm³/mol. The summed E-state index contributed by atoms with van der Waals surface area (Å²) in [5.74, 6) is 1.47. The number of pyridine rings is 1. The molecule has 3 rings (SSSR count). The molecule has 2 aromatic heterocycles. The number of alkyl halides is 1. The summed E-state index contributed by atoms with van der Waals surface area (Å²) in [5, 5.41) is 0. The molecule has 1 aromatic carbocycles. The number of imidazole rings is 1. The number of hydrogen-bond acceptors (Lipinski definition) is 2. The van der Waals surface area contributed by atoms with E-state index in [2.05, 4.69) is 57.5 Å². The molecule has 21 heavy (non-hydrogen) atoms. The SMILES string of the molecule is Cc1ccc(-n2c(CCCl)nc3c(C)ccnc32)c(Br)c1. The smallest absolute Gasteiger partial charge is 0.164 e. The van der Waals surface area contributed by atoms with Crippen LogP contribution in [-0.4, -0.2) is 20.4 Å². The summed E-state index contributed by atoms with van der Waals surface area (Å²) in [6.07, 6.45) is 2.53. The number of benzene rings is 1. The third-order valence-electron chi connectivity index (χ3n) is 3.48. The number of aromatic nitrogens is 3. The van der Waals surface area contributed by atoms with Gasteiger partial charge in [-0.05, 0) is 59.1 Å². The molecule has 0 aliphatic carbocycles. The fourth-order valence-corrected chi connectivity index (χ4v) is 3.28. The monoisotopic (exact) mass is 363 g/mol. The third kappa shape index (κ3) is 2.58. The molecule has 0 bridgehead atoms. The van der Waals surface area contributed by atoms with Crippen LogP contribution in [-0.2, 0) is 6.42 Å². The van der Waals surface area contributed by atoms with E-state index in [-0.39, 0.29) is 0 Å². The lowest BCUT2D eigenvalue weighted by molar-refractivity contribution is 0.902. The molecule has 0 spiro atoms. The molecular formula is C16H15BrClN3. The topological polar surface area (TPSA) is 30.7 Å². The van der Waals surface area contributed by atoms with Gasteiger partial charge in [0.05, 0.1) is 5.69 Å². The van der Waals surface area contributed by atoms with Gasteiger partial charge in [-0.25, -0.2) is 9.97 Å². The highest BCUT2D eigenvalue weighted by Crippen LogP contribution is 2.28. The molecule has 5 heteroatoms. The van der Waals surface area contributed by atoms with Crippen molar-refractivity contribution in [3.05, 3.63) is 51.9 Å². The second kappa shape index (κ2) is 5.78. The summed E-state index contributed by atoms with van der Waals surface area (Å²) in [4.78, 5) is 9.26. The molecule has 0 fully saturated rings. The molecule has 3 nitrogen and oxygen atoms in total. The summed E-state index contributed by atoms with van der Waals surface area (Å²) in [7, 11) is 0. The summed E-state index contributed by atoms with van der Waals surface area (Å²) >= 11 is 9.59. The van der Waals surface area contributed by atoms with Gasteiger partial charge in [-0.3, -0.25) is 4.57 Å². The minimum Gasteiger partial charge on any atom is -0.280 e. The minimum atomic E-state index is 0.534. The second-order valence-corrected chi connectivity index (χ2v) is 6.29. The molecule has 2 heterocycles. The van der Waals surface area contributed by atoms with Gasteiger partial charge in [0.1, 0.15) is 11.3 Å². The lowest BCUT2D eigenvalue weighted by Crippen LogP contribution is -2.04. The molecule has 0 saturated heterocycles. The first kappa shape index (κ1) is 14.5. The molecule has 0 aliphatic heterocycles.